The number of carbonyl (C=O) groups is 2. The number of ether oxygens (including phenoxy) is 1. The van der Waals surface area contributed by atoms with Gasteiger partial charge in [0, 0.05) is 5.56 Å². The van der Waals surface area contributed by atoms with E-state index in [0.717, 1.165) is 6.07 Å². The van der Waals surface area contributed by atoms with Crippen molar-refractivity contribution in [3.8, 4) is 5.75 Å². The lowest BCUT2D eigenvalue weighted by molar-refractivity contribution is -0.140. The first-order chi connectivity index (χ1) is 14.9. The Bertz CT molecular complexity index is 1170. The third kappa shape index (κ3) is 3.70. The van der Waals surface area contributed by atoms with Crippen LogP contribution >= 0.6 is 0 Å². The summed E-state index contributed by atoms with van der Waals surface area (Å²) in [5, 5.41) is 11.0. The molecule has 1 saturated heterocycles. The normalized spacial score (nSPS) is 17.9. The standard InChI is InChI=1S/C24H20FNO5/c1-14-5-6-16(12-19(14)25)22(27)20-21(15-7-9-17(30-2)10-8-15)26(24(29)23(20)28)13-18-4-3-11-31-18/h3-12,21,27H,13H2,1-2H3. The molecule has 3 aromatic rings. The fourth-order valence-electron chi connectivity index (χ4n) is 3.64. The SMILES string of the molecule is COc1ccc(C2C(=C(O)c3ccc(C)c(F)c3)C(=O)C(=O)N2Cc2ccco2)cc1. The van der Waals surface area contributed by atoms with Crippen molar-refractivity contribution in [1.82, 2.24) is 4.90 Å². The molecule has 1 amide bonds. The number of likely N-dealkylation sites (tertiary alicyclic amines) is 1. The monoisotopic (exact) mass is 421 g/mol. The summed E-state index contributed by atoms with van der Waals surface area (Å²) in [6, 6.07) is 13.5. The summed E-state index contributed by atoms with van der Waals surface area (Å²) in [7, 11) is 1.53. The molecule has 1 atom stereocenters. The number of aryl methyl sites for hydroxylation is 1. The molecule has 1 N–H and O–H groups in total. The van der Waals surface area contributed by atoms with Crippen LogP contribution in [0.1, 0.15) is 28.5 Å². The minimum absolute atomic E-state index is 0.0350. The molecule has 4 rings (SSSR count). The summed E-state index contributed by atoms with van der Waals surface area (Å²) >= 11 is 0. The lowest BCUT2D eigenvalue weighted by Gasteiger charge is -2.24. The molecule has 6 nitrogen and oxygen atoms in total. The molecule has 0 saturated carbocycles. The Labute approximate surface area is 178 Å². The van der Waals surface area contributed by atoms with Crippen molar-refractivity contribution in [3.63, 3.8) is 0 Å². The zero-order chi connectivity index (χ0) is 22.1. The van der Waals surface area contributed by atoms with E-state index in [9.17, 15) is 19.1 Å². The molecule has 1 fully saturated rings. The van der Waals surface area contributed by atoms with E-state index in [2.05, 4.69) is 0 Å². The molecule has 1 aliphatic rings. The van der Waals surface area contributed by atoms with Crippen LogP contribution < -0.4 is 4.74 Å². The fraction of sp³-hybridized carbons (Fsp3) is 0.167. The Hall–Kier alpha value is -3.87. The van der Waals surface area contributed by atoms with Gasteiger partial charge in [-0.1, -0.05) is 24.3 Å². The number of nitrogens with zero attached hydrogens (tertiary/aromatic N) is 1. The van der Waals surface area contributed by atoms with Crippen LogP contribution in [-0.2, 0) is 16.1 Å². The van der Waals surface area contributed by atoms with Crippen molar-refractivity contribution in [3.05, 3.63) is 94.7 Å². The van der Waals surface area contributed by atoms with Crippen LogP contribution in [0.25, 0.3) is 5.76 Å². The average Bonchev–Trinajstić information content (AvgIpc) is 3.38. The van der Waals surface area contributed by atoms with Crippen molar-refractivity contribution in [1.29, 1.82) is 0 Å². The van der Waals surface area contributed by atoms with Gasteiger partial charge >= 0.3 is 0 Å². The van der Waals surface area contributed by atoms with Gasteiger partial charge < -0.3 is 19.2 Å². The number of methoxy groups -OCH3 is 1. The lowest BCUT2D eigenvalue weighted by atomic mass is 9.95. The van der Waals surface area contributed by atoms with Crippen molar-refractivity contribution in [2.75, 3.05) is 7.11 Å². The highest BCUT2D eigenvalue weighted by atomic mass is 19.1. The smallest absolute Gasteiger partial charge is 0.296 e. The number of rotatable bonds is 5. The molecule has 0 bridgehead atoms. The summed E-state index contributed by atoms with van der Waals surface area (Å²) in [6.07, 6.45) is 1.48. The van der Waals surface area contributed by atoms with E-state index in [4.69, 9.17) is 9.15 Å². The number of aliphatic hydroxyl groups excluding tert-OH is 1. The Balaban J connectivity index is 1.86. The van der Waals surface area contributed by atoms with Crippen LogP contribution in [-0.4, -0.2) is 28.8 Å². The summed E-state index contributed by atoms with van der Waals surface area (Å²) < 4.78 is 24.7. The van der Waals surface area contributed by atoms with Crippen LogP contribution in [0.2, 0.25) is 0 Å². The van der Waals surface area contributed by atoms with Gasteiger partial charge in [0.2, 0.25) is 0 Å². The second-order valence-corrected chi connectivity index (χ2v) is 7.24. The molecule has 0 spiro atoms. The molecule has 1 unspecified atom stereocenters. The maximum atomic E-state index is 14.1. The van der Waals surface area contributed by atoms with Crippen LogP contribution in [0.15, 0.2) is 70.9 Å². The molecule has 158 valence electrons. The molecule has 0 radical (unpaired) electrons. The second-order valence-electron chi connectivity index (χ2n) is 7.24. The molecule has 31 heavy (non-hydrogen) atoms. The summed E-state index contributed by atoms with van der Waals surface area (Å²) in [5.74, 6) is -1.47. The van der Waals surface area contributed by atoms with Crippen LogP contribution in [0, 0.1) is 12.7 Å². The lowest BCUT2D eigenvalue weighted by Crippen LogP contribution is -2.29. The van der Waals surface area contributed by atoms with Crippen molar-refractivity contribution >= 4 is 17.4 Å². The third-order valence-electron chi connectivity index (χ3n) is 5.32. The molecule has 1 aromatic heterocycles. The molecule has 2 aromatic carbocycles. The van der Waals surface area contributed by atoms with Crippen LogP contribution in [0.3, 0.4) is 0 Å². The maximum Gasteiger partial charge on any atom is 0.296 e. The van der Waals surface area contributed by atoms with Crippen molar-refractivity contribution < 1.29 is 28.2 Å². The first-order valence-corrected chi connectivity index (χ1v) is 9.62. The van der Waals surface area contributed by atoms with Gasteiger partial charge in [0.05, 0.1) is 31.5 Å². The van der Waals surface area contributed by atoms with E-state index >= 15 is 0 Å². The van der Waals surface area contributed by atoms with E-state index in [1.54, 1.807) is 43.3 Å². The minimum Gasteiger partial charge on any atom is -0.507 e. The van der Waals surface area contributed by atoms with E-state index in [-0.39, 0.29) is 17.7 Å². The molecular formula is C24H20FNO5. The first kappa shape index (κ1) is 20.4. The van der Waals surface area contributed by atoms with Gasteiger partial charge in [0.25, 0.3) is 11.7 Å². The van der Waals surface area contributed by atoms with E-state index < -0.39 is 29.3 Å². The Kier molecular flexibility index (Phi) is 5.33. The highest BCUT2D eigenvalue weighted by Gasteiger charge is 2.46. The van der Waals surface area contributed by atoms with E-state index in [1.165, 1.54) is 30.4 Å². The summed E-state index contributed by atoms with van der Waals surface area (Å²) in [4.78, 5) is 27.2. The Morgan fingerprint density at radius 3 is 2.52 bits per heavy atom. The highest BCUT2D eigenvalue weighted by Crippen LogP contribution is 2.40. The molecule has 7 heteroatoms. The van der Waals surface area contributed by atoms with Crippen LogP contribution in [0.5, 0.6) is 5.75 Å². The Morgan fingerprint density at radius 2 is 1.90 bits per heavy atom. The number of hydrogen-bond donors (Lipinski definition) is 1. The van der Waals surface area contributed by atoms with Gasteiger partial charge in [-0.05, 0) is 48.4 Å². The molecule has 1 aliphatic heterocycles. The summed E-state index contributed by atoms with van der Waals surface area (Å²) in [6.45, 7) is 1.63. The predicted octanol–water partition coefficient (Wildman–Crippen LogP) is 4.36. The average molecular weight is 421 g/mol. The van der Waals surface area contributed by atoms with E-state index in [0.29, 0.717) is 22.6 Å². The van der Waals surface area contributed by atoms with Crippen LogP contribution in [0.4, 0.5) is 4.39 Å². The number of Topliss-reactive ketones (excluding diaryl/α,β-unsaturated/α-hetero) is 1. The van der Waals surface area contributed by atoms with Gasteiger partial charge in [-0.3, -0.25) is 9.59 Å². The van der Waals surface area contributed by atoms with Gasteiger partial charge in [-0.15, -0.1) is 0 Å². The maximum absolute atomic E-state index is 14.1. The van der Waals surface area contributed by atoms with Crippen molar-refractivity contribution in [2.45, 2.75) is 19.5 Å². The predicted molar refractivity (Wildman–Crippen MR) is 111 cm³/mol. The summed E-state index contributed by atoms with van der Waals surface area (Å²) in [5.41, 5.74) is 1.02. The Morgan fingerprint density at radius 1 is 1.16 bits per heavy atom. The largest absolute Gasteiger partial charge is 0.507 e. The number of benzene rings is 2. The van der Waals surface area contributed by atoms with Gasteiger partial charge in [0.1, 0.15) is 23.1 Å². The zero-order valence-electron chi connectivity index (χ0n) is 17.0. The number of furan rings is 1. The number of halogens is 1. The quantitative estimate of drug-likeness (QED) is 0.376. The number of hydrogen-bond acceptors (Lipinski definition) is 5. The van der Waals surface area contributed by atoms with E-state index in [1.807, 2.05) is 0 Å². The molecular weight excluding hydrogens is 401 g/mol. The molecule has 0 aliphatic carbocycles. The fourth-order valence-corrected chi connectivity index (χ4v) is 3.64. The number of carbonyl (C=O) groups excluding carboxylic acids is 2. The third-order valence-corrected chi connectivity index (χ3v) is 5.32. The minimum atomic E-state index is -0.875. The van der Waals surface area contributed by atoms with Gasteiger partial charge in [-0.25, -0.2) is 4.39 Å². The first-order valence-electron chi connectivity index (χ1n) is 9.62. The van der Waals surface area contributed by atoms with Gasteiger partial charge in [-0.2, -0.15) is 0 Å². The van der Waals surface area contributed by atoms with Gasteiger partial charge in [0.15, 0.2) is 0 Å². The number of amides is 1. The highest BCUT2D eigenvalue weighted by molar-refractivity contribution is 6.46. The number of ketones is 1. The molecule has 2 heterocycles. The van der Waals surface area contributed by atoms with Crippen molar-refractivity contribution in [2.24, 2.45) is 0 Å². The second kappa shape index (κ2) is 8.10. The number of aliphatic hydroxyl groups is 1. The zero-order valence-corrected chi connectivity index (χ0v) is 17.0. The topological polar surface area (TPSA) is 80.0 Å².